The van der Waals surface area contributed by atoms with E-state index in [1.165, 1.54) is 0 Å². The number of hydrogen-bond donors (Lipinski definition) is 2. The largest absolute Gasteiger partial charge is 0.372 e. The minimum absolute atomic E-state index is 0.260. The summed E-state index contributed by atoms with van der Waals surface area (Å²) in [4.78, 5) is 4.28. The lowest BCUT2D eigenvalue weighted by Gasteiger charge is -2.15. The average molecular weight is 223 g/mol. The Morgan fingerprint density at radius 3 is 2.75 bits per heavy atom. The first-order valence-electron chi connectivity index (χ1n) is 5.66. The number of hydrogen-bond acceptors (Lipinski definition) is 4. The second kappa shape index (κ2) is 6.45. The second-order valence-electron chi connectivity index (χ2n) is 4.41. The van der Waals surface area contributed by atoms with E-state index in [1.54, 1.807) is 0 Å². The third-order valence-corrected chi connectivity index (χ3v) is 2.27. The first kappa shape index (κ1) is 12.9. The van der Waals surface area contributed by atoms with Crippen LogP contribution in [0.1, 0.15) is 32.9 Å². The minimum atomic E-state index is 0.260. The fourth-order valence-electron chi connectivity index (χ4n) is 1.60. The van der Waals surface area contributed by atoms with Gasteiger partial charge in [0.2, 0.25) is 0 Å². The van der Waals surface area contributed by atoms with E-state index in [2.05, 4.69) is 31.2 Å². The van der Waals surface area contributed by atoms with Gasteiger partial charge in [-0.05, 0) is 31.4 Å². The molecular weight excluding hydrogens is 202 g/mol. The zero-order valence-electron chi connectivity index (χ0n) is 10.2. The second-order valence-corrected chi connectivity index (χ2v) is 4.41. The number of nitrogens with two attached hydrogens (primary N) is 1. The fourth-order valence-corrected chi connectivity index (χ4v) is 1.60. The van der Waals surface area contributed by atoms with Crippen LogP contribution in [0.15, 0.2) is 18.2 Å². The van der Waals surface area contributed by atoms with Gasteiger partial charge in [0.15, 0.2) is 0 Å². The summed E-state index contributed by atoms with van der Waals surface area (Å²) in [6.07, 6.45) is 1.32. The van der Waals surface area contributed by atoms with Gasteiger partial charge < -0.3 is 10.2 Å². The molecule has 1 unspecified atom stereocenters. The third-order valence-electron chi connectivity index (χ3n) is 2.27. The molecule has 4 heteroatoms. The van der Waals surface area contributed by atoms with Crippen molar-refractivity contribution in [3.05, 3.63) is 23.9 Å². The number of hydrazine groups is 1. The standard InChI is InChI=1S/C12H21N3O/c1-9(2)7-10(3)16-8-11-5-4-6-12(14-11)15-13/h4-6,9-10H,7-8,13H2,1-3H3,(H,14,15). The summed E-state index contributed by atoms with van der Waals surface area (Å²) in [5, 5.41) is 0. The molecule has 0 spiro atoms. The van der Waals surface area contributed by atoms with Gasteiger partial charge in [-0.2, -0.15) is 0 Å². The van der Waals surface area contributed by atoms with Gasteiger partial charge in [-0.25, -0.2) is 10.8 Å². The van der Waals surface area contributed by atoms with Crippen molar-refractivity contribution in [3.8, 4) is 0 Å². The Hall–Kier alpha value is -1.13. The SMILES string of the molecule is CC(C)CC(C)OCc1cccc(NN)n1. The van der Waals surface area contributed by atoms with Crippen molar-refractivity contribution in [3.63, 3.8) is 0 Å². The molecule has 1 rings (SSSR count). The highest BCUT2D eigenvalue weighted by Gasteiger charge is 2.06. The molecule has 0 saturated carbocycles. The number of anilines is 1. The van der Waals surface area contributed by atoms with E-state index in [0.29, 0.717) is 18.3 Å². The van der Waals surface area contributed by atoms with Crippen LogP contribution in [0, 0.1) is 5.92 Å². The highest BCUT2D eigenvalue weighted by atomic mass is 16.5. The number of pyridine rings is 1. The van der Waals surface area contributed by atoms with Gasteiger partial charge in [0.25, 0.3) is 0 Å². The summed E-state index contributed by atoms with van der Waals surface area (Å²) in [7, 11) is 0. The number of nitrogens with one attached hydrogen (secondary N) is 1. The molecule has 4 nitrogen and oxygen atoms in total. The zero-order valence-corrected chi connectivity index (χ0v) is 10.2. The van der Waals surface area contributed by atoms with Crippen LogP contribution in [0.2, 0.25) is 0 Å². The van der Waals surface area contributed by atoms with Gasteiger partial charge in [0, 0.05) is 0 Å². The van der Waals surface area contributed by atoms with E-state index in [4.69, 9.17) is 10.6 Å². The Bertz CT molecular complexity index is 315. The summed E-state index contributed by atoms with van der Waals surface area (Å²) < 4.78 is 5.71. The zero-order chi connectivity index (χ0) is 12.0. The van der Waals surface area contributed by atoms with Crippen molar-refractivity contribution in [1.29, 1.82) is 0 Å². The maximum atomic E-state index is 5.71. The average Bonchev–Trinajstić information content (AvgIpc) is 2.26. The van der Waals surface area contributed by atoms with Gasteiger partial charge in [0.1, 0.15) is 5.82 Å². The Kier molecular flexibility index (Phi) is 5.22. The molecule has 1 heterocycles. The van der Waals surface area contributed by atoms with E-state index < -0.39 is 0 Å². The monoisotopic (exact) mass is 223 g/mol. The van der Waals surface area contributed by atoms with Gasteiger partial charge >= 0.3 is 0 Å². The maximum absolute atomic E-state index is 5.71. The number of rotatable bonds is 6. The van der Waals surface area contributed by atoms with Gasteiger partial charge in [-0.1, -0.05) is 19.9 Å². The Labute approximate surface area is 97.2 Å². The Morgan fingerprint density at radius 1 is 1.38 bits per heavy atom. The molecule has 16 heavy (non-hydrogen) atoms. The molecule has 0 aliphatic rings. The van der Waals surface area contributed by atoms with Gasteiger partial charge in [-0.3, -0.25) is 0 Å². The third kappa shape index (κ3) is 4.59. The molecule has 0 aromatic carbocycles. The molecule has 90 valence electrons. The molecule has 0 aliphatic heterocycles. The molecule has 0 bridgehead atoms. The normalized spacial score (nSPS) is 12.8. The van der Waals surface area contributed by atoms with Crippen molar-refractivity contribution in [2.24, 2.45) is 11.8 Å². The van der Waals surface area contributed by atoms with Crippen molar-refractivity contribution in [2.75, 3.05) is 5.43 Å². The van der Waals surface area contributed by atoms with Crippen LogP contribution in [-0.2, 0) is 11.3 Å². The lowest BCUT2D eigenvalue weighted by Crippen LogP contribution is -2.13. The minimum Gasteiger partial charge on any atom is -0.372 e. The number of nitrogen functional groups attached to an aromatic ring is 1. The van der Waals surface area contributed by atoms with Crippen LogP contribution in [-0.4, -0.2) is 11.1 Å². The van der Waals surface area contributed by atoms with Crippen molar-refractivity contribution < 1.29 is 4.74 Å². The smallest absolute Gasteiger partial charge is 0.140 e. The predicted molar refractivity (Wildman–Crippen MR) is 65.8 cm³/mol. The Balaban J connectivity index is 2.41. The molecule has 3 N–H and O–H groups in total. The molecule has 1 aromatic rings. The summed E-state index contributed by atoms with van der Waals surface area (Å²) in [5.41, 5.74) is 3.42. The van der Waals surface area contributed by atoms with Crippen LogP contribution < -0.4 is 11.3 Å². The summed E-state index contributed by atoms with van der Waals surface area (Å²) in [6, 6.07) is 5.66. The van der Waals surface area contributed by atoms with Gasteiger partial charge in [-0.15, -0.1) is 0 Å². The molecular formula is C12H21N3O. The van der Waals surface area contributed by atoms with Crippen molar-refractivity contribution >= 4 is 5.82 Å². The van der Waals surface area contributed by atoms with E-state index in [-0.39, 0.29) is 6.10 Å². The number of aromatic nitrogens is 1. The van der Waals surface area contributed by atoms with E-state index in [1.807, 2.05) is 18.2 Å². The van der Waals surface area contributed by atoms with Crippen LogP contribution in [0.3, 0.4) is 0 Å². The van der Waals surface area contributed by atoms with Crippen LogP contribution >= 0.6 is 0 Å². The van der Waals surface area contributed by atoms with Gasteiger partial charge in [0.05, 0.1) is 18.4 Å². The molecule has 0 amide bonds. The van der Waals surface area contributed by atoms with Crippen molar-refractivity contribution in [1.82, 2.24) is 4.98 Å². The first-order valence-corrected chi connectivity index (χ1v) is 5.66. The molecule has 0 fully saturated rings. The fraction of sp³-hybridized carbons (Fsp3) is 0.583. The predicted octanol–water partition coefficient (Wildman–Crippen LogP) is 2.32. The maximum Gasteiger partial charge on any atom is 0.140 e. The topological polar surface area (TPSA) is 60.2 Å². The Morgan fingerprint density at radius 2 is 2.12 bits per heavy atom. The molecule has 0 radical (unpaired) electrons. The quantitative estimate of drug-likeness (QED) is 0.574. The molecule has 0 saturated heterocycles. The number of nitrogens with zero attached hydrogens (tertiary/aromatic N) is 1. The summed E-state index contributed by atoms with van der Waals surface area (Å²) in [6.45, 7) is 7.00. The number of ether oxygens (including phenoxy) is 1. The summed E-state index contributed by atoms with van der Waals surface area (Å²) in [5.74, 6) is 6.60. The van der Waals surface area contributed by atoms with E-state index >= 15 is 0 Å². The highest BCUT2D eigenvalue weighted by molar-refractivity contribution is 5.33. The first-order chi connectivity index (χ1) is 7.61. The highest BCUT2D eigenvalue weighted by Crippen LogP contribution is 2.10. The van der Waals surface area contributed by atoms with Crippen LogP contribution in [0.5, 0.6) is 0 Å². The van der Waals surface area contributed by atoms with Crippen molar-refractivity contribution in [2.45, 2.75) is 39.9 Å². The summed E-state index contributed by atoms with van der Waals surface area (Å²) >= 11 is 0. The lowest BCUT2D eigenvalue weighted by molar-refractivity contribution is 0.0379. The molecule has 1 aromatic heterocycles. The van der Waals surface area contributed by atoms with E-state index in [0.717, 1.165) is 12.1 Å². The van der Waals surface area contributed by atoms with E-state index in [9.17, 15) is 0 Å². The molecule has 1 atom stereocenters. The molecule has 0 aliphatic carbocycles. The van der Waals surface area contributed by atoms with Crippen LogP contribution in [0.25, 0.3) is 0 Å². The van der Waals surface area contributed by atoms with Crippen LogP contribution in [0.4, 0.5) is 5.82 Å². The lowest BCUT2D eigenvalue weighted by atomic mass is 10.1.